The molecule has 0 aliphatic rings. The molecule has 29 heavy (non-hydrogen) atoms. The lowest BCUT2D eigenvalue weighted by Crippen LogP contribution is -2.02. The first-order chi connectivity index (χ1) is 14.2. The minimum atomic E-state index is 0.219. The van der Waals surface area contributed by atoms with Gasteiger partial charge in [0.2, 0.25) is 5.95 Å². The monoisotopic (exact) mass is 382 g/mol. The van der Waals surface area contributed by atoms with Crippen LogP contribution < -0.4 is 5.73 Å². The summed E-state index contributed by atoms with van der Waals surface area (Å²) >= 11 is 0. The summed E-state index contributed by atoms with van der Waals surface area (Å²) in [5, 5.41) is 13.0. The van der Waals surface area contributed by atoms with Gasteiger partial charge in [-0.1, -0.05) is 30.3 Å². The first-order valence-corrected chi connectivity index (χ1v) is 9.18. The van der Waals surface area contributed by atoms with Gasteiger partial charge in [-0.25, -0.2) is 9.97 Å². The van der Waals surface area contributed by atoms with Crippen molar-refractivity contribution in [2.45, 2.75) is 6.42 Å². The summed E-state index contributed by atoms with van der Waals surface area (Å²) in [7, 11) is 1.88. The van der Waals surface area contributed by atoms with Crippen LogP contribution in [0.15, 0.2) is 67.1 Å². The third-order valence-electron chi connectivity index (χ3n) is 4.86. The number of benzene rings is 1. The molecule has 0 saturated carbocycles. The molecule has 142 valence electrons. The number of fused-ring (bicyclic) bond motifs is 1. The van der Waals surface area contributed by atoms with E-state index in [1.807, 2.05) is 54.0 Å². The van der Waals surface area contributed by atoms with Gasteiger partial charge in [-0.2, -0.15) is 5.10 Å². The molecule has 0 aliphatic heterocycles. The molecular formula is C21H18N8. The van der Waals surface area contributed by atoms with E-state index in [1.54, 1.807) is 17.1 Å². The number of hydrogen-bond acceptors (Lipinski definition) is 6. The van der Waals surface area contributed by atoms with Crippen molar-refractivity contribution < 1.29 is 0 Å². The van der Waals surface area contributed by atoms with E-state index in [-0.39, 0.29) is 5.95 Å². The van der Waals surface area contributed by atoms with Crippen molar-refractivity contribution in [3.05, 3.63) is 78.5 Å². The quantitative estimate of drug-likeness (QED) is 0.513. The van der Waals surface area contributed by atoms with Gasteiger partial charge >= 0.3 is 0 Å². The lowest BCUT2D eigenvalue weighted by Gasteiger charge is -2.10. The number of nitrogens with zero attached hydrogens (tertiary/aromatic N) is 7. The van der Waals surface area contributed by atoms with Crippen molar-refractivity contribution in [2.75, 3.05) is 5.73 Å². The summed E-state index contributed by atoms with van der Waals surface area (Å²) in [6.07, 6.45) is 6.15. The highest BCUT2D eigenvalue weighted by molar-refractivity contribution is 5.80. The van der Waals surface area contributed by atoms with Gasteiger partial charge in [0.05, 0.1) is 11.4 Å². The highest BCUT2D eigenvalue weighted by Gasteiger charge is 2.15. The average molecular weight is 382 g/mol. The Balaban J connectivity index is 1.59. The lowest BCUT2D eigenvalue weighted by molar-refractivity contribution is 0.775. The number of pyridine rings is 1. The standard InChI is InChI=1S/C21H18N8/c1-28-17(7-9-24-28)16-13-23-21(22)25-20(16)15-8-10-29-18(26-27-19(29)12-15)11-14-5-3-2-4-6-14/h2-10,12-13H,11H2,1H3,(H2,22,23,25). The molecule has 5 aromatic rings. The van der Waals surface area contributed by atoms with Crippen molar-refractivity contribution >= 4 is 11.6 Å². The first kappa shape index (κ1) is 17.1. The number of anilines is 1. The third-order valence-corrected chi connectivity index (χ3v) is 4.86. The summed E-state index contributed by atoms with van der Waals surface area (Å²) in [6.45, 7) is 0. The Morgan fingerprint density at radius 3 is 2.69 bits per heavy atom. The van der Waals surface area contributed by atoms with E-state index in [1.165, 1.54) is 5.56 Å². The van der Waals surface area contributed by atoms with Gasteiger partial charge in [-0.15, -0.1) is 10.2 Å². The highest BCUT2D eigenvalue weighted by Crippen LogP contribution is 2.30. The van der Waals surface area contributed by atoms with Gasteiger partial charge in [-0.05, 0) is 23.8 Å². The largest absolute Gasteiger partial charge is 0.368 e. The Morgan fingerprint density at radius 1 is 1.03 bits per heavy atom. The molecule has 0 amide bonds. The summed E-state index contributed by atoms with van der Waals surface area (Å²) in [4.78, 5) is 8.66. The van der Waals surface area contributed by atoms with E-state index in [0.717, 1.165) is 34.0 Å². The molecule has 8 heteroatoms. The molecule has 0 fully saturated rings. The van der Waals surface area contributed by atoms with Crippen LogP contribution in [-0.2, 0) is 13.5 Å². The van der Waals surface area contributed by atoms with E-state index in [2.05, 4.69) is 37.4 Å². The van der Waals surface area contributed by atoms with E-state index >= 15 is 0 Å². The Hall–Kier alpha value is -4.07. The molecule has 5 rings (SSSR count). The fraction of sp³-hybridized carbons (Fsp3) is 0.0952. The Bertz CT molecular complexity index is 1300. The molecule has 0 unspecified atom stereocenters. The Morgan fingerprint density at radius 2 is 1.90 bits per heavy atom. The van der Waals surface area contributed by atoms with Gasteiger partial charge in [0.25, 0.3) is 0 Å². The van der Waals surface area contributed by atoms with Crippen LogP contribution in [0.4, 0.5) is 5.95 Å². The summed E-state index contributed by atoms with van der Waals surface area (Å²) in [5.74, 6) is 1.10. The van der Waals surface area contributed by atoms with Crippen LogP contribution in [0.2, 0.25) is 0 Å². The maximum absolute atomic E-state index is 5.88. The highest BCUT2D eigenvalue weighted by atomic mass is 15.3. The van der Waals surface area contributed by atoms with Gasteiger partial charge in [0.1, 0.15) is 5.82 Å². The second-order valence-corrected chi connectivity index (χ2v) is 6.75. The maximum Gasteiger partial charge on any atom is 0.220 e. The molecule has 0 atom stereocenters. The minimum Gasteiger partial charge on any atom is -0.368 e. The van der Waals surface area contributed by atoms with Crippen LogP contribution in [0.25, 0.3) is 28.2 Å². The molecular weight excluding hydrogens is 364 g/mol. The Labute approximate surface area is 166 Å². The molecule has 0 spiro atoms. The van der Waals surface area contributed by atoms with Crippen molar-refractivity contribution in [1.29, 1.82) is 0 Å². The number of aromatic nitrogens is 7. The topological polar surface area (TPSA) is 99.8 Å². The smallest absolute Gasteiger partial charge is 0.220 e. The fourth-order valence-electron chi connectivity index (χ4n) is 3.43. The molecule has 4 heterocycles. The molecule has 4 aromatic heterocycles. The third kappa shape index (κ3) is 3.10. The minimum absolute atomic E-state index is 0.219. The van der Waals surface area contributed by atoms with Crippen LogP contribution in [0.3, 0.4) is 0 Å². The van der Waals surface area contributed by atoms with Crippen molar-refractivity contribution in [3.63, 3.8) is 0 Å². The van der Waals surface area contributed by atoms with Crippen molar-refractivity contribution in [3.8, 4) is 22.5 Å². The second kappa shape index (κ2) is 6.83. The van der Waals surface area contributed by atoms with Crippen LogP contribution >= 0.6 is 0 Å². The van der Waals surface area contributed by atoms with Crippen LogP contribution in [0.5, 0.6) is 0 Å². The van der Waals surface area contributed by atoms with E-state index in [0.29, 0.717) is 6.42 Å². The van der Waals surface area contributed by atoms with Gasteiger partial charge in [0, 0.05) is 43.2 Å². The predicted molar refractivity (Wildman–Crippen MR) is 110 cm³/mol. The molecule has 0 aliphatic carbocycles. The number of nitrogen functional groups attached to an aromatic ring is 1. The molecule has 8 nitrogen and oxygen atoms in total. The zero-order valence-electron chi connectivity index (χ0n) is 15.8. The number of rotatable bonds is 4. The summed E-state index contributed by atoms with van der Waals surface area (Å²) in [6, 6.07) is 16.1. The molecule has 0 saturated heterocycles. The van der Waals surface area contributed by atoms with Crippen LogP contribution in [0.1, 0.15) is 11.4 Å². The normalized spacial score (nSPS) is 11.2. The Kier molecular flexibility index (Phi) is 4.02. The first-order valence-electron chi connectivity index (χ1n) is 9.18. The molecule has 0 bridgehead atoms. The number of hydrogen-bond donors (Lipinski definition) is 1. The zero-order valence-corrected chi connectivity index (χ0v) is 15.8. The number of nitrogens with two attached hydrogens (primary N) is 1. The summed E-state index contributed by atoms with van der Waals surface area (Å²) in [5.41, 5.74) is 11.2. The van der Waals surface area contributed by atoms with E-state index < -0.39 is 0 Å². The van der Waals surface area contributed by atoms with Gasteiger partial charge < -0.3 is 5.73 Å². The molecule has 0 radical (unpaired) electrons. The fourth-order valence-corrected chi connectivity index (χ4v) is 3.43. The lowest BCUT2D eigenvalue weighted by atomic mass is 10.1. The average Bonchev–Trinajstić information content (AvgIpc) is 3.34. The van der Waals surface area contributed by atoms with E-state index in [9.17, 15) is 0 Å². The van der Waals surface area contributed by atoms with Crippen molar-refractivity contribution in [2.24, 2.45) is 7.05 Å². The van der Waals surface area contributed by atoms with Crippen molar-refractivity contribution in [1.82, 2.24) is 34.3 Å². The van der Waals surface area contributed by atoms with Crippen LogP contribution in [-0.4, -0.2) is 34.3 Å². The van der Waals surface area contributed by atoms with Crippen LogP contribution in [0, 0.1) is 0 Å². The summed E-state index contributed by atoms with van der Waals surface area (Å²) < 4.78 is 3.77. The van der Waals surface area contributed by atoms with Gasteiger partial charge in [0.15, 0.2) is 5.65 Å². The van der Waals surface area contributed by atoms with E-state index in [4.69, 9.17) is 5.73 Å². The predicted octanol–water partition coefficient (Wildman–Crippen LogP) is 2.76. The van der Waals surface area contributed by atoms with Gasteiger partial charge in [-0.3, -0.25) is 9.08 Å². The zero-order chi connectivity index (χ0) is 19.8. The maximum atomic E-state index is 5.88. The SMILES string of the molecule is Cn1nccc1-c1cnc(N)nc1-c1ccn2c(Cc3ccccc3)nnc2c1. The molecule has 1 aromatic carbocycles. The number of aryl methyl sites for hydroxylation is 1. The second-order valence-electron chi connectivity index (χ2n) is 6.75. The molecule has 2 N–H and O–H groups in total.